The molecular weight excluding hydrogens is 841 g/mol. The van der Waals surface area contributed by atoms with Gasteiger partial charge in [0.05, 0.1) is 0 Å². The van der Waals surface area contributed by atoms with Gasteiger partial charge < -0.3 is 14.2 Å². The second-order valence-corrected chi connectivity index (χ2v) is 16.9. The summed E-state index contributed by atoms with van der Waals surface area (Å²) in [6.07, 6.45) is 79.4. The first-order chi connectivity index (χ1) is 33.5. The number of carbonyl (C=O) groups is 3. The predicted molar refractivity (Wildman–Crippen MR) is 292 cm³/mol. The van der Waals surface area contributed by atoms with Gasteiger partial charge >= 0.3 is 17.9 Å². The lowest BCUT2D eigenvalue weighted by molar-refractivity contribution is -0.167. The van der Waals surface area contributed by atoms with Crippen LogP contribution >= 0.6 is 0 Å². The van der Waals surface area contributed by atoms with E-state index in [2.05, 4.69) is 130 Å². The van der Waals surface area contributed by atoms with E-state index in [0.29, 0.717) is 19.3 Å². The van der Waals surface area contributed by atoms with Gasteiger partial charge in [-0.05, 0) is 103 Å². The van der Waals surface area contributed by atoms with Crippen molar-refractivity contribution in [3.05, 3.63) is 158 Å². The van der Waals surface area contributed by atoms with Crippen molar-refractivity contribution in [2.75, 3.05) is 13.2 Å². The van der Waals surface area contributed by atoms with Gasteiger partial charge in [-0.3, -0.25) is 14.4 Å². The highest BCUT2D eigenvalue weighted by atomic mass is 16.6. The van der Waals surface area contributed by atoms with Gasteiger partial charge in [-0.25, -0.2) is 0 Å². The summed E-state index contributed by atoms with van der Waals surface area (Å²) in [7, 11) is 0. The third kappa shape index (κ3) is 52.0. The molecule has 0 N–H and O–H groups in total. The summed E-state index contributed by atoms with van der Waals surface area (Å²) in [4.78, 5) is 38.0. The van der Waals surface area contributed by atoms with E-state index < -0.39 is 12.1 Å². The molecule has 0 saturated heterocycles. The number of unbranched alkanes of at least 4 members (excludes halogenated alkanes) is 15. The summed E-state index contributed by atoms with van der Waals surface area (Å²) in [6.45, 7) is 6.30. The second kappa shape index (κ2) is 54.6. The molecule has 0 aromatic rings. The zero-order chi connectivity index (χ0) is 49.3. The normalized spacial score (nSPS) is 13.4. The molecule has 0 bridgehead atoms. The number of hydrogen-bond donors (Lipinski definition) is 0. The highest BCUT2D eigenvalue weighted by Gasteiger charge is 2.19. The molecule has 0 saturated carbocycles. The maximum absolute atomic E-state index is 12.8. The molecule has 0 amide bonds. The minimum atomic E-state index is -0.843. The van der Waals surface area contributed by atoms with Crippen molar-refractivity contribution >= 4 is 17.9 Å². The largest absolute Gasteiger partial charge is 0.462 e. The molecule has 0 spiro atoms. The average molecular weight is 935 g/mol. The van der Waals surface area contributed by atoms with Crippen LogP contribution < -0.4 is 0 Å². The van der Waals surface area contributed by atoms with Crippen LogP contribution in [0.25, 0.3) is 0 Å². The zero-order valence-electron chi connectivity index (χ0n) is 43.0. The molecule has 0 heterocycles. The van der Waals surface area contributed by atoms with Crippen molar-refractivity contribution in [1.82, 2.24) is 0 Å². The average Bonchev–Trinajstić information content (AvgIpc) is 3.34. The molecule has 0 aromatic carbocycles. The molecule has 1 unspecified atom stereocenters. The Labute approximate surface area is 416 Å². The third-order valence-electron chi connectivity index (χ3n) is 10.5. The maximum Gasteiger partial charge on any atom is 0.306 e. The summed E-state index contributed by atoms with van der Waals surface area (Å²) in [6, 6.07) is 0. The molecule has 1 atom stereocenters. The Hall–Kier alpha value is -4.97. The number of allylic oxidation sites excluding steroid dienone is 26. The first kappa shape index (κ1) is 63.0. The maximum atomic E-state index is 12.8. The van der Waals surface area contributed by atoms with Crippen molar-refractivity contribution < 1.29 is 28.6 Å². The Morgan fingerprint density at radius 3 is 1.09 bits per heavy atom. The van der Waals surface area contributed by atoms with Crippen LogP contribution in [0.4, 0.5) is 0 Å². The van der Waals surface area contributed by atoms with E-state index in [1.807, 2.05) is 48.6 Å². The summed E-state index contributed by atoms with van der Waals surface area (Å²) >= 11 is 0. The minimum Gasteiger partial charge on any atom is -0.462 e. The van der Waals surface area contributed by atoms with Crippen molar-refractivity contribution in [1.29, 1.82) is 0 Å². The van der Waals surface area contributed by atoms with E-state index in [1.165, 1.54) is 44.9 Å². The van der Waals surface area contributed by atoms with Crippen LogP contribution in [0.3, 0.4) is 0 Å². The highest BCUT2D eigenvalue weighted by Crippen LogP contribution is 2.11. The monoisotopic (exact) mass is 935 g/mol. The molecule has 0 radical (unpaired) electrons. The van der Waals surface area contributed by atoms with Gasteiger partial charge in [0, 0.05) is 19.3 Å². The lowest BCUT2D eigenvalue weighted by atomic mass is 10.1. The molecule has 6 nitrogen and oxygen atoms in total. The summed E-state index contributed by atoms with van der Waals surface area (Å²) in [5.74, 6) is -1.07. The summed E-state index contributed by atoms with van der Waals surface area (Å²) in [5, 5.41) is 0. The van der Waals surface area contributed by atoms with Crippen molar-refractivity contribution in [3.63, 3.8) is 0 Å². The molecule has 0 rings (SSSR count). The quantitative estimate of drug-likeness (QED) is 0.0199. The van der Waals surface area contributed by atoms with Crippen molar-refractivity contribution in [2.24, 2.45) is 0 Å². The van der Waals surface area contributed by atoms with Crippen LogP contribution in [0.2, 0.25) is 0 Å². The van der Waals surface area contributed by atoms with Gasteiger partial charge in [-0.15, -0.1) is 0 Å². The molecule has 0 aliphatic carbocycles. The second-order valence-electron chi connectivity index (χ2n) is 16.9. The fourth-order valence-electron chi connectivity index (χ4n) is 6.47. The Bertz CT molecular complexity index is 1590. The van der Waals surface area contributed by atoms with Gasteiger partial charge in [0.25, 0.3) is 0 Å². The SMILES string of the molecule is CC\C=C/C=C\C=C/C=C\C=C/CCCCCC(=O)OCC(COC(=O)CCCCCCC\C=C/C=C\C=C/C=C\CCCCC)OC(=O)CCC/C=C\C/C=C\C/C=C\C/C=C\CCCCC. The van der Waals surface area contributed by atoms with E-state index in [0.717, 1.165) is 96.3 Å². The zero-order valence-corrected chi connectivity index (χ0v) is 43.0. The minimum absolute atomic E-state index is 0.134. The summed E-state index contributed by atoms with van der Waals surface area (Å²) in [5.41, 5.74) is 0. The topological polar surface area (TPSA) is 78.9 Å². The standard InChI is InChI=1S/C62H94O6/c1-4-7-10-13-16-19-22-25-28-30-32-34-37-40-43-46-49-52-55-61(64)67-58-59(57-66-60(63)54-51-48-45-42-39-36-33-27-24-21-18-15-12-9-6-3)68-62(65)56-53-50-47-44-41-38-35-31-29-26-23-20-17-14-11-8-5-2/h9,12,15-22,24-30,32-36,38-39,44,47,59H,4-8,10-11,13-14,23,31,37,40-43,45-46,48-58H2,1-3H3/b12-9-,18-15-,19-16-,20-17-,24-21-,25-22-,29-26-,30-28-,33-27-,34-32-,38-35-,39-36-,47-44-. The van der Waals surface area contributed by atoms with E-state index in [9.17, 15) is 14.4 Å². The molecule has 0 fully saturated rings. The smallest absolute Gasteiger partial charge is 0.306 e. The van der Waals surface area contributed by atoms with E-state index >= 15 is 0 Å². The Balaban J connectivity index is 4.64. The Morgan fingerprint density at radius 1 is 0.324 bits per heavy atom. The third-order valence-corrected chi connectivity index (χ3v) is 10.5. The molecule has 0 aliphatic heterocycles. The number of hydrogen-bond acceptors (Lipinski definition) is 6. The van der Waals surface area contributed by atoms with Crippen LogP contribution in [0, 0.1) is 0 Å². The molecule has 378 valence electrons. The fraction of sp³-hybridized carbons (Fsp3) is 0.532. The molecule has 6 heteroatoms. The Kier molecular flexibility index (Phi) is 50.6. The highest BCUT2D eigenvalue weighted by molar-refractivity contribution is 5.71. The summed E-state index contributed by atoms with van der Waals surface area (Å²) < 4.78 is 16.7. The van der Waals surface area contributed by atoms with Gasteiger partial charge in [0.15, 0.2) is 6.10 Å². The first-order valence-electron chi connectivity index (χ1n) is 26.6. The van der Waals surface area contributed by atoms with Crippen molar-refractivity contribution in [2.45, 2.75) is 200 Å². The lowest BCUT2D eigenvalue weighted by Gasteiger charge is -2.18. The molecule has 0 aromatic heterocycles. The van der Waals surface area contributed by atoms with E-state index in [-0.39, 0.29) is 38.0 Å². The molecule has 0 aliphatic rings. The van der Waals surface area contributed by atoms with Gasteiger partial charge in [-0.2, -0.15) is 0 Å². The lowest BCUT2D eigenvalue weighted by Crippen LogP contribution is -2.30. The molecular formula is C62H94O6. The fourth-order valence-corrected chi connectivity index (χ4v) is 6.47. The van der Waals surface area contributed by atoms with Crippen LogP contribution in [0.1, 0.15) is 194 Å². The van der Waals surface area contributed by atoms with Crippen LogP contribution in [0.5, 0.6) is 0 Å². The van der Waals surface area contributed by atoms with Gasteiger partial charge in [0.1, 0.15) is 13.2 Å². The number of rotatable bonds is 45. The van der Waals surface area contributed by atoms with Crippen LogP contribution in [-0.4, -0.2) is 37.2 Å². The molecule has 68 heavy (non-hydrogen) atoms. The predicted octanol–water partition coefficient (Wildman–Crippen LogP) is 17.8. The number of carbonyl (C=O) groups excluding carboxylic acids is 3. The van der Waals surface area contributed by atoms with Gasteiger partial charge in [-0.1, -0.05) is 230 Å². The van der Waals surface area contributed by atoms with Crippen molar-refractivity contribution in [3.8, 4) is 0 Å². The number of esters is 3. The van der Waals surface area contributed by atoms with E-state index in [4.69, 9.17) is 14.2 Å². The number of ether oxygens (including phenoxy) is 3. The van der Waals surface area contributed by atoms with Crippen LogP contribution in [-0.2, 0) is 28.6 Å². The van der Waals surface area contributed by atoms with Crippen LogP contribution in [0.15, 0.2) is 158 Å². The Morgan fingerprint density at radius 2 is 0.647 bits per heavy atom. The van der Waals surface area contributed by atoms with E-state index in [1.54, 1.807) is 0 Å². The van der Waals surface area contributed by atoms with Gasteiger partial charge in [0.2, 0.25) is 0 Å². The first-order valence-corrected chi connectivity index (χ1v) is 26.6.